The second kappa shape index (κ2) is 8.75. The molecule has 1 aromatic rings. The molecule has 0 radical (unpaired) electrons. The maximum absolute atomic E-state index is 13.4. The highest BCUT2D eigenvalue weighted by atomic mass is 16.5. The Kier molecular flexibility index (Phi) is 6.09. The van der Waals surface area contributed by atoms with Crippen LogP contribution in [0.4, 0.5) is 0 Å². The minimum atomic E-state index is -1.69. The third-order valence-corrected chi connectivity index (χ3v) is 9.82. The van der Waals surface area contributed by atoms with Gasteiger partial charge < -0.3 is 20.1 Å². The van der Waals surface area contributed by atoms with Crippen LogP contribution >= 0.6 is 0 Å². The van der Waals surface area contributed by atoms with Crippen molar-refractivity contribution in [1.82, 2.24) is 0 Å². The normalized spacial score (nSPS) is 39.0. The molecule has 3 saturated carbocycles. The van der Waals surface area contributed by atoms with E-state index in [9.17, 15) is 24.6 Å². The highest BCUT2D eigenvalue weighted by Crippen LogP contribution is 2.67. The van der Waals surface area contributed by atoms with Gasteiger partial charge in [0.1, 0.15) is 5.60 Å². The first-order valence-corrected chi connectivity index (χ1v) is 12.8. The molecule has 3 N–H and O–H groups in total. The second-order valence-corrected chi connectivity index (χ2v) is 11.5. The molecule has 36 heavy (non-hydrogen) atoms. The highest BCUT2D eigenvalue weighted by Gasteiger charge is 2.68. The molecule has 4 aliphatic rings. The molecule has 0 aliphatic heterocycles. The van der Waals surface area contributed by atoms with Gasteiger partial charge in [-0.1, -0.05) is 37.6 Å². The first-order chi connectivity index (χ1) is 17.0. The van der Waals surface area contributed by atoms with E-state index in [2.05, 4.69) is 6.92 Å². The lowest BCUT2D eigenvalue weighted by Crippen LogP contribution is -2.61. The summed E-state index contributed by atoms with van der Waals surface area (Å²) in [6, 6.07) is 6.27. The molecule has 7 atom stereocenters. The fraction of sp³-hybridized carbons (Fsp3) is 0.552. The number of ketones is 2. The number of esters is 1. The van der Waals surface area contributed by atoms with Gasteiger partial charge in [-0.05, 0) is 73.8 Å². The fourth-order valence-corrected chi connectivity index (χ4v) is 7.87. The minimum Gasteiger partial charge on any atom is -0.454 e. The van der Waals surface area contributed by atoms with Crippen LogP contribution in [0, 0.1) is 28.6 Å². The van der Waals surface area contributed by atoms with Crippen LogP contribution in [0.25, 0.3) is 0 Å². The number of benzene rings is 1. The summed E-state index contributed by atoms with van der Waals surface area (Å²) in [5, 5.41) is 32.4. The molecule has 0 amide bonds. The van der Waals surface area contributed by atoms with Crippen molar-refractivity contribution in [2.45, 2.75) is 64.3 Å². The Bertz CT molecular complexity index is 1150. The molecule has 0 unspecified atom stereocenters. The molecule has 3 fully saturated rings. The molecule has 0 heterocycles. The molecule has 0 saturated heterocycles. The first kappa shape index (κ1) is 25.1. The molecule has 5 rings (SSSR count). The molecule has 192 valence electrons. The van der Waals surface area contributed by atoms with E-state index in [-0.39, 0.29) is 48.5 Å². The Labute approximate surface area is 210 Å². The third-order valence-electron chi connectivity index (χ3n) is 9.82. The number of carbonyl (C=O) groups excluding carboxylic acids is 3. The lowest BCUT2D eigenvalue weighted by Gasteiger charge is -2.59. The van der Waals surface area contributed by atoms with Crippen LogP contribution in [0.3, 0.4) is 0 Å². The van der Waals surface area contributed by atoms with Gasteiger partial charge >= 0.3 is 5.97 Å². The zero-order valence-electron chi connectivity index (χ0n) is 20.8. The molecule has 1 aromatic carbocycles. The predicted molar refractivity (Wildman–Crippen MR) is 131 cm³/mol. The van der Waals surface area contributed by atoms with Gasteiger partial charge in [0.25, 0.3) is 0 Å². The van der Waals surface area contributed by atoms with Gasteiger partial charge in [-0.25, -0.2) is 4.79 Å². The summed E-state index contributed by atoms with van der Waals surface area (Å²) in [5.74, 6) is -1.17. The number of allylic oxidation sites excluding steroid dienone is 4. The van der Waals surface area contributed by atoms with Gasteiger partial charge in [0.05, 0.1) is 18.3 Å². The van der Waals surface area contributed by atoms with Gasteiger partial charge in [-0.2, -0.15) is 0 Å². The van der Waals surface area contributed by atoms with Crippen LogP contribution in [-0.2, 0) is 20.9 Å². The van der Waals surface area contributed by atoms with Crippen molar-refractivity contribution in [2.24, 2.45) is 28.6 Å². The summed E-state index contributed by atoms with van der Waals surface area (Å²) < 4.78 is 5.27. The van der Waals surface area contributed by atoms with Gasteiger partial charge in [-0.15, -0.1) is 0 Å². The average molecular weight is 495 g/mol. The third kappa shape index (κ3) is 3.63. The number of ether oxygens (including phenoxy) is 1. The van der Waals surface area contributed by atoms with E-state index in [4.69, 9.17) is 9.84 Å². The molecule has 0 bridgehead atoms. The van der Waals surface area contributed by atoms with Crippen LogP contribution in [0.5, 0.6) is 0 Å². The maximum atomic E-state index is 13.4. The summed E-state index contributed by atoms with van der Waals surface area (Å²) in [6.45, 7) is 3.30. The predicted octanol–water partition coefficient (Wildman–Crippen LogP) is 2.91. The number of rotatable bonds is 5. The largest absolute Gasteiger partial charge is 0.454 e. The number of fused-ring (bicyclic) bond motifs is 5. The van der Waals surface area contributed by atoms with Gasteiger partial charge in [0.15, 0.2) is 12.4 Å². The van der Waals surface area contributed by atoms with Crippen LogP contribution in [0.15, 0.2) is 48.1 Å². The van der Waals surface area contributed by atoms with E-state index < -0.39 is 40.9 Å². The maximum Gasteiger partial charge on any atom is 0.338 e. The molecule has 7 heteroatoms. The van der Waals surface area contributed by atoms with Gasteiger partial charge in [0, 0.05) is 16.7 Å². The Hall–Kier alpha value is -2.61. The zero-order chi connectivity index (χ0) is 25.9. The smallest absolute Gasteiger partial charge is 0.338 e. The summed E-state index contributed by atoms with van der Waals surface area (Å²) in [5.41, 5.74) is -0.973. The molecule has 4 aliphatic carbocycles. The SMILES string of the molecule is C[C@]12C=CC(=O)C=C1CC[C@@H]1[C@@H]2[C@@H](O)C[C@@]2(C)[C@H]1CC[C@]2(O)C(=O)COC(=O)c1ccc(CO)cc1. The van der Waals surface area contributed by atoms with Crippen LogP contribution < -0.4 is 0 Å². The summed E-state index contributed by atoms with van der Waals surface area (Å²) in [6.07, 6.45) is 7.23. The number of Topliss-reactive ketones (excluding diaryl/α,β-unsaturated/α-hetero) is 1. The standard InChI is InChI=1S/C29H34O7/c1-27-11-9-20(31)13-19(27)7-8-21-22-10-12-29(35,28(22,2)14-23(32)25(21)27)24(33)16-36-26(34)18-5-3-17(15-30)4-6-18/h3-6,9,11,13,21-23,25,30,32,35H,7-8,10,12,14-16H2,1-2H3/t21-,22-,23-,25+,27-,28-,29-/m0/s1. The topological polar surface area (TPSA) is 121 Å². The van der Waals surface area contributed by atoms with E-state index in [0.29, 0.717) is 12.0 Å². The van der Waals surface area contributed by atoms with Crippen molar-refractivity contribution in [3.63, 3.8) is 0 Å². The molecular formula is C29H34O7. The molecule has 0 spiro atoms. The monoisotopic (exact) mass is 494 g/mol. The Morgan fingerprint density at radius 2 is 1.86 bits per heavy atom. The second-order valence-electron chi connectivity index (χ2n) is 11.5. The number of aliphatic hydroxyl groups excluding tert-OH is 2. The van der Waals surface area contributed by atoms with Gasteiger partial charge in [-0.3, -0.25) is 9.59 Å². The van der Waals surface area contributed by atoms with Crippen LogP contribution in [0.1, 0.15) is 61.9 Å². The minimum absolute atomic E-state index is 0.0178. The van der Waals surface area contributed by atoms with Crippen molar-refractivity contribution in [3.8, 4) is 0 Å². The Morgan fingerprint density at radius 3 is 2.56 bits per heavy atom. The van der Waals surface area contributed by atoms with E-state index in [1.165, 1.54) is 12.1 Å². The summed E-state index contributed by atoms with van der Waals surface area (Å²) in [4.78, 5) is 37.8. The van der Waals surface area contributed by atoms with Gasteiger partial charge in [0.2, 0.25) is 5.78 Å². The quantitative estimate of drug-likeness (QED) is 0.538. The Balaban J connectivity index is 1.34. The van der Waals surface area contributed by atoms with E-state index >= 15 is 0 Å². The van der Waals surface area contributed by atoms with E-state index in [1.807, 2.05) is 13.0 Å². The molecule has 7 nitrogen and oxygen atoms in total. The van der Waals surface area contributed by atoms with Crippen molar-refractivity contribution in [3.05, 3.63) is 59.2 Å². The average Bonchev–Trinajstić information content (AvgIpc) is 3.13. The number of aliphatic hydroxyl groups is 3. The lowest BCUT2D eigenvalue weighted by atomic mass is 9.46. The highest BCUT2D eigenvalue weighted by molar-refractivity contribution is 6.01. The van der Waals surface area contributed by atoms with Crippen molar-refractivity contribution < 1.29 is 34.4 Å². The van der Waals surface area contributed by atoms with Crippen molar-refractivity contribution in [1.29, 1.82) is 0 Å². The van der Waals surface area contributed by atoms with Crippen LogP contribution in [0.2, 0.25) is 0 Å². The first-order valence-electron chi connectivity index (χ1n) is 12.8. The Morgan fingerprint density at radius 1 is 1.14 bits per heavy atom. The number of carbonyl (C=O) groups is 3. The zero-order valence-corrected chi connectivity index (χ0v) is 20.8. The molecule has 0 aromatic heterocycles. The van der Waals surface area contributed by atoms with E-state index in [1.54, 1.807) is 24.3 Å². The summed E-state index contributed by atoms with van der Waals surface area (Å²) >= 11 is 0. The number of hydrogen-bond acceptors (Lipinski definition) is 7. The van der Waals surface area contributed by atoms with Crippen LogP contribution in [-0.4, -0.2) is 51.2 Å². The van der Waals surface area contributed by atoms with Crippen molar-refractivity contribution >= 4 is 17.5 Å². The van der Waals surface area contributed by atoms with Crippen molar-refractivity contribution in [2.75, 3.05) is 6.61 Å². The van der Waals surface area contributed by atoms with E-state index in [0.717, 1.165) is 18.4 Å². The molecular weight excluding hydrogens is 460 g/mol. The summed E-state index contributed by atoms with van der Waals surface area (Å²) in [7, 11) is 0. The lowest BCUT2D eigenvalue weighted by molar-refractivity contribution is -0.178. The fourth-order valence-electron chi connectivity index (χ4n) is 7.87. The number of hydrogen-bond donors (Lipinski definition) is 3.